The summed E-state index contributed by atoms with van der Waals surface area (Å²) in [5, 5.41) is 0. The Morgan fingerprint density at radius 1 is 0.935 bits per heavy atom. The van der Waals surface area contributed by atoms with Gasteiger partial charge < -0.3 is 9.47 Å². The predicted molar refractivity (Wildman–Crippen MR) is 109 cm³/mol. The first-order valence-corrected chi connectivity index (χ1v) is 10.2. The molecule has 0 fully saturated rings. The van der Waals surface area contributed by atoms with Gasteiger partial charge in [0.15, 0.2) is 0 Å². The van der Waals surface area contributed by atoms with E-state index in [1.165, 1.54) is 16.3 Å². The van der Waals surface area contributed by atoms with E-state index in [9.17, 15) is 19.2 Å². The van der Waals surface area contributed by atoms with E-state index in [2.05, 4.69) is 0 Å². The van der Waals surface area contributed by atoms with Gasteiger partial charge in [-0.1, -0.05) is 30.4 Å². The van der Waals surface area contributed by atoms with E-state index < -0.39 is 35.4 Å². The van der Waals surface area contributed by atoms with E-state index in [0.717, 1.165) is 4.57 Å². The van der Waals surface area contributed by atoms with E-state index in [4.69, 9.17) is 9.47 Å². The second kappa shape index (κ2) is 6.97. The average molecular weight is 423 g/mol. The molecular weight excluding hydrogens is 402 g/mol. The average Bonchev–Trinajstić information content (AvgIpc) is 3.01. The number of carbonyl (C=O) groups is 2. The lowest BCUT2D eigenvalue weighted by atomic mass is 9.58. The Kier molecular flexibility index (Phi) is 4.35. The topological polar surface area (TPSA) is 102 Å². The number of allylic oxidation sites excluding steroid dienone is 2. The van der Waals surface area contributed by atoms with Crippen molar-refractivity contribution in [2.24, 2.45) is 11.8 Å². The zero-order valence-electron chi connectivity index (χ0n) is 17.1. The van der Waals surface area contributed by atoms with Crippen LogP contribution < -0.4 is 11.4 Å². The van der Waals surface area contributed by atoms with Gasteiger partial charge in [0.05, 0.1) is 24.4 Å². The van der Waals surface area contributed by atoms with Crippen LogP contribution in [0.4, 0.5) is 0 Å². The smallest absolute Gasteiger partial charge is 0.352 e. The van der Waals surface area contributed by atoms with Crippen LogP contribution in [0.1, 0.15) is 25.9 Å². The highest BCUT2D eigenvalue weighted by Crippen LogP contribution is 2.57. The number of aromatic nitrogens is 3. The van der Waals surface area contributed by atoms with Crippen LogP contribution in [0.5, 0.6) is 0 Å². The number of benzene rings is 1. The predicted octanol–water partition coefficient (Wildman–Crippen LogP) is 1.14. The lowest BCUT2D eigenvalue weighted by Crippen LogP contribution is -2.56. The van der Waals surface area contributed by atoms with Gasteiger partial charge in [0.2, 0.25) is 0 Å². The summed E-state index contributed by atoms with van der Waals surface area (Å²) in [6.45, 7) is 3.19. The summed E-state index contributed by atoms with van der Waals surface area (Å²) in [7, 11) is 0. The van der Waals surface area contributed by atoms with Gasteiger partial charge in [-0.25, -0.2) is 28.3 Å². The quantitative estimate of drug-likeness (QED) is 0.528. The van der Waals surface area contributed by atoms with Crippen molar-refractivity contribution in [1.29, 1.82) is 0 Å². The van der Waals surface area contributed by atoms with Crippen LogP contribution in [-0.2, 0) is 19.1 Å². The van der Waals surface area contributed by atoms with Crippen molar-refractivity contribution >= 4 is 11.9 Å². The molecule has 1 aromatic heterocycles. The largest absolute Gasteiger partial charge is 0.463 e. The first-order valence-electron chi connectivity index (χ1n) is 10.2. The highest BCUT2D eigenvalue weighted by Gasteiger charge is 2.58. The van der Waals surface area contributed by atoms with Gasteiger partial charge in [-0.3, -0.25) is 4.79 Å². The number of ether oxygens (including phenoxy) is 2. The highest BCUT2D eigenvalue weighted by atomic mass is 16.5. The highest BCUT2D eigenvalue weighted by molar-refractivity contribution is 5.93. The third-order valence-corrected chi connectivity index (χ3v) is 6.22. The van der Waals surface area contributed by atoms with Gasteiger partial charge in [0.1, 0.15) is 6.61 Å². The normalized spacial score (nSPS) is 25.0. The molecule has 31 heavy (non-hydrogen) atoms. The summed E-state index contributed by atoms with van der Waals surface area (Å²) in [6.07, 6.45) is 3.75. The number of nitrogens with zero attached hydrogens (tertiary/aromatic N) is 3. The Balaban J connectivity index is 1.64. The minimum absolute atomic E-state index is 0.0416. The summed E-state index contributed by atoms with van der Waals surface area (Å²) >= 11 is 0. The number of carbonyl (C=O) groups excluding carboxylic acids is 2. The fraction of sp³-hybridized carbons (Fsp3) is 0.364. The molecule has 0 radical (unpaired) electrons. The Labute approximate surface area is 176 Å². The van der Waals surface area contributed by atoms with Crippen LogP contribution >= 0.6 is 0 Å². The molecule has 2 aromatic rings. The SMILES string of the molecule is CCOC(=O)C1=C(COC(C)=O)[C@@H]2[C@H]1[C@@H]1C=C[C@H]2n2c(=O)n(-c3ccccc3)c(=O)n21. The van der Waals surface area contributed by atoms with Gasteiger partial charge in [0, 0.05) is 24.3 Å². The van der Waals surface area contributed by atoms with Crippen molar-refractivity contribution in [3.63, 3.8) is 0 Å². The second-order valence-corrected chi connectivity index (χ2v) is 7.78. The van der Waals surface area contributed by atoms with Gasteiger partial charge in [0.25, 0.3) is 0 Å². The molecule has 0 saturated heterocycles. The Morgan fingerprint density at radius 2 is 1.55 bits per heavy atom. The van der Waals surface area contributed by atoms with Crippen LogP contribution in [0.15, 0.2) is 63.2 Å². The van der Waals surface area contributed by atoms with Crippen LogP contribution in [0.25, 0.3) is 5.69 Å². The Bertz CT molecular complexity index is 1260. The fourth-order valence-corrected chi connectivity index (χ4v) is 5.07. The maximum atomic E-state index is 13.3. The molecule has 9 heteroatoms. The summed E-state index contributed by atoms with van der Waals surface area (Å²) in [6, 6.07) is 7.78. The molecule has 9 nitrogen and oxygen atoms in total. The summed E-state index contributed by atoms with van der Waals surface area (Å²) < 4.78 is 14.5. The van der Waals surface area contributed by atoms with E-state index >= 15 is 0 Å². The molecule has 0 saturated carbocycles. The monoisotopic (exact) mass is 423 g/mol. The van der Waals surface area contributed by atoms with Crippen LogP contribution in [0, 0.1) is 11.8 Å². The first kappa shape index (κ1) is 19.3. The molecule has 0 amide bonds. The molecule has 4 aliphatic rings. The van der Waals surface area contributed by atoms with Gasteiger partial charge in [-0.05, 0) is 24.6 Å². The molecule has 1 aromatic carbocycles. The summed E-state index contributed by atoms with van der Waals surface area (Å²) in [4.78, 5) is 50.6. The summed E-state index contributed by atoms with van der Waals surface area (Å²) in [5.41, 5.74) is 0.676. The number of hydrogen-bond donors (Lipinski definition) is 0. The standard InChI is InChI=1S/C22H21N3O6/c1-3-30-20(27)18-14(11-31-12(2)26)17-15-9-10-16(19(17)18)25-22(29)23(21(28)24(15)25)13-7-5-4-6-8-13/h4-10,15-17,19H,3,11H2,1-2H3/t15-,16+,17+,19-/m1/s1. The Hall–Kier alpha value is -3.62. The maximum absolute atomic E-state index is 13.3. The lowest BCUT2D eigenvalue weighted by Gasteiger charge is -2.53. The number of hydrogen-bond acceptors (Lipinski definition) is 6. The van der Waals surface area contributed by atoms with E-state index in [1.807, 2.05) is 18.2 Å². The Morgan fingerprint density at radius 3 is 2.13 bits per heavy atom. The van der Waals surface area contributed by atoms with Crippen molar-refractivity contribution in [1.82, 2.24) is 13.9 Å². The molecule has 6 rings (SSSR count). The van der Waals surface area contributed by atoms with Crippen molar-refractivity contribution < 1.29 is 19.1 Å². The van der Waals surface area contributed by atoms with Crippen molar-refractivity contribution in [2.75, 3.05) is 13.2 Å². The molecule has 4 atom stereocenters. The zero-order valence-corrected chi connectivity index (χ0v) is 17.1. The minimum Gasteiger partial charge on any atom is -0.463 e. The fourth-order valence-electron chi connectivity index (χ4n) is 5.07. The molecule has 2 aliphatic heterocycles. The molecule has 0 spiro atoms. The molecule has 3 heterocycles. The van der Waals surface area contributed by atoms with Gasteiger partial charge in [-0.2, -0.15) is 0 Å². The molecule has 2 bridgehead atoms. The number of rotatable bonds is 5. The van der Waals surface area contributed by atoms with Crippen LogP contribution in [-0.4, -0.2) is 39.1 Å². The van der Waals surface area contributed by atoms with Crippen LogP contribution in [0.3, 0.4) is 0 Å². The maximum Gasteiger partial charge on any atom is 0.352 e. The molecule has 160 valence electrons. The summed E-state index contributed by atoms with van der Waals surface area (Å²) in [5.74, 6) is -1.47. The number of para-hydroxylation sites is 1. The number of esters is 2. The van der Waals surface area contributed by atoms with Gasteiger partial charge >= 0.3 is 23.3 Å². The minimum atomic E-state index is -0.499. The molecule has 0 unspecified atom stereocenters. The third-order valence-electron chi connectivity index (χ3n) is 6.22. The third kappa shape index (κ3) is 2.62. The van der Waals surface area contributed by atoms with Crippen molar-refractivity contribution in [3.05, 3.63) is 74.6 Å². The van der Waals surface area contributed by atoms with Gasteiger partial charge in [-0.15, -0.1) is 0 Å². The van der Waals surface area contributed by atoms with E-state index in [0.29, 0.717) is 16.8 Å². The lowest BCUT2D eigenvalue weighted by molar-refractivity contribution is -0.144. The zero-order chi connectivity index (χ0) is 21.9. The van der Waals surface area contributed by atoms with E-state index in [1.54, 1.807) is 31.2 Å². The molecule has 0 N–H and O–H groups in total. The van der Waals surface area contributed by atoms with Crippen molar-refractivity contribution in [3.8, 4) is 5.69 Å². The molecular formula is C22H21N3O6. The van der Waals surface area contributed by atoms with Crippen LogP contribution in [0.2, 0.25) is 0 Å². The first-order chi connectivity index (χ1) is 15.0. The van der Waals surface area contributed by atoms with E-state index in [-0.39, 0.29) is 25.0 Å². The van der Waals surface area contributed by atoms with Crippen molar-refractivity contribution in [2.45, 2.75) is 25.9 Å². The molecule has 2 aliphatic carbocycles. The second-order valence-electron chi connectivity index (χ2n) is 7.78.